The highest BCUT2D eigenvalue weighted by molar-refractivity contribution is 5.46. The Balaban J connectivity index is 3.02. The number of ether oxygens (including phenoxy) is 1. The van der Waals surface area contributed by atoms with Crippen molar-refractivity contribution in [2.24, 2.45) is 0 Å². The highest BCUT2D eigenvalue weighted by atomic mass is 16.5. The van der Waals surface area contributed by atoms with E-state index in [0.29, 0.717) is 18.1 Å². The average molecular weight is 233 g/mol. The molecule has 0 radical (unpaired) electrons. The summed E-state index contributed by atoms with van der Waals surface area (Å²) in [5, 5.41) is 17.3. The Morgan fingerprint density at radius 2 is 1.94 bits per heavy atom. The minimum Gasteiger partial charge on any atom is -0.476 e. The van der Waals surface area contributed by atoms with Gasteiger partial charge in [-0.3, -0.25) is 0 Å². The van der Waals surface area contributed by atoms with Crippen molar-refractivity contribution in [3.05, 3.63) is 16.8 Å². The van der Waals surface area contributed by atoms with E-state index in [2.05, 4.69) is 23.2 Å². The zero-order chi connectivity index (χ0) is 12.7. The van der Waals surface area contributed by atoms with Gasteiger partial charge in [-0.2, -0.15) is 10.4 Å². The van der Waals surface area contributed by atoms with Crippen LogP contribution in [-0.2, 0) is 12.8 Å². The maximum absolute atomic E-state index is 9.21. The van der Waals surface area contributed by atoms with Crippen molar-refractivity contribution in [1.82, 2.24) is 10.2 Å². The van der Waals surface area contributed by atoms with E-state index in [-0.39, 0.29) is 0 Å². The van der Waals surface area contributed by atoms with Crippen LogP contribution in [0.25, 0.3) is 0 Å². The third-order valence-electron chi connectivity index (χ3n) is 2.66. The van der Waals surface area contributed by atoms with Crippen LogP contribution in [0.4, 0.5) is 0 Å². The van der Waals surface area contributed by atoms with Gasteiger partial charge < -0.3 is 4.74 Å². The molecule has 4 heteroatoms. The maximum Gasteiger partial charge on any atom is 0.251 e. The first-order valence-electron chi connectivity index (χ1n) is 6.19. The highest BCUT2D eigenvalue weighted by Gasteiger charge is 2.14. The first-order valence-corrected chi connectivity index (χ1v) is 6.19. The predicted molar refractivity (Wildman–Crippen MR) is 65.9 cm³/mol. The lowest BCUT2D eigenvalue weighted by Crippen LogP contribution is -2.08. The van der Waals surface area contributed by atoms with Gasteiger partial charge in [0.2, 0.25) is 0 Å². The third kappa shape index (κ3) is 3.16. The molecular formula is C13H19N3O. The van der Waals surface area contributed by atoms with Gasteiger partial charge in [-0.1, -0.05) is 27.2 Å². The molecule has 1 heterocycles. The SMILES string of the molecule is CCCCOc1nnc(CC)c(CC)c1C#N. The third-order valence-corrected chi connectivity index (χ3v) is 2.66. The van der Waals surface area contributed by atoms with Gasteiger partial charge in [0.25, 0.3) is 5.88 Å². The Labute approximate surface area is 103 Å². The number of nitriles is 1. The summed E-state index contributed by atoms with van der Waals surface area (Å²) >= 11 is 0. The van der Waals surface area contributed by atoms with E-state index < -0.39 is 0 Å². The molecule has 0 aliphatic carbocycles. The van der Waals surface area contributed by atoms with Gasteiger partial charge in [0.05, 0.1) is 12.3 Å². The molecule has 1 aromatic rings. The summed E-state index contributed by atoms with van der Waals surface area (Å²) in [6.45, 7) is 6.72. The van der Waals surface area contributed by atoms with Gasteiger partial charge in [0.15, 0.2) is 0 Å². The van der Waals surface area contributed by atoms with Crippen LogP contribution < -0.4 is 4.74 Å². The fourth-order valence-electron chi connectivity index (χ4n) is 1.68. The molecular weight excluding hydrogens is 214 g/mol. The van der Waals surface area contributed by atoms with E-state index in [0.717, 1.165) is 36.9 Å². The summed E-state index contributed by atoms with van der Waals surface area (Å²) < 4.78 is 5.51. The van der Waals surface area contributed by atoms with Crippen LogP contribution in [0, 0.1) is 11.3 Å². The maximum atomic E-state index is 9.21. The minimum atomic E-state index is 0.384. The summed E-state index contributed by atoms with van der Waals surface area (Å²) in [4.78, 5) is 0. The van der Waals surface area contributed by atoms with Crippen LogP contribution in [0.5, 0.6) is 5.88 Å². The van der Waals surface area contributed by atoms with Crippen molar-refractivity contribution in [2.45, 2.75) is 46.5 Å². The van der Waals surface area contributed by atoms with Crippen molar-refractivity contribution in [1.29, 1.82) is 5.26 Å². The largest absolute Gasteiger partial charge is 0.476 e. The summed E-state index contributed by atoms with van der Waals surface area (Å²) in [5.41, 5.74) is 2.42. The zero-order valence-electron chi connectivity index (χ0n) is 10.8. The first-order chi connectivity index (χ1) is 8.28. The second-order valence-corrected chi connectivity index (χ2v) is 3.83. The quantitative estimate of drug-likeness (QED) is 0.709. The Kier molecular flexibility index (Phi) is 5.41. The van der Waals surface area contributed by atoms with Crippen molar-refractivity contribution >= 4 is 0 Å². The smallest absolute Gasteiger partial charge is 0.251 e. The van der Waals surface area contributed by atoms with Crippen LogP contribution in [-0.4, -0.2) is 16.8 Å². The van der Waals surface area contributed by atoms with Crippen molar-refractivity contribution in [2.75, 3.05) is 6.61 Å². The van der Waals surface area contributed by atoms with Gasteiger partial charge in [0.1, 0.15) is 11.6 Å². The lowest BCUT2D eigenvalue weighted by atomic mass is 10.0. The number of hydrogen-bond donors (Lipinski definition) is 0. The summed E-state index contributed by atoms with van der Waals surface area (Å²) in [6.07, 6.45) is 3.60. The van der Waals surface area contributed by atoms with E-state index in [1.165, 1.54) is 0 Å². The Morgan fingerprint density at radius 1 is 1.18 bits per heavy atom. The molecule has 17 heavy (non-hydrogen) atoms. The lowest BCUT2D eigenvalue weighted by Gasteiger charge is -2.10. The van der Waals surface area contributed by atoms with E-state index >= 15 is 0 Å². The Bertz CT molecular complexity index is 410. The van der Waals surface area contributed by atoms with E-state index in [1.54, 1.807) is 0 Å². The number of aromatic nitrogens is 2. The van der Waals surface area contributed by atoms with Gasteiger partial charge in [-0.15, -0.1) is 5.10 Å². The monoisotopic (exact) mass is 233 g/mol. The lowest BCUT2D eigenvalue weighted by molar-refractivity contribution is 0.292. The Morgan fingerprint density at radius 3 is 2.47 bits per heavy atom. The molecule has 0 aliphatic rings. The predicted octanol–water partition coefficient (Wildman–Crippen LogP) is 2.65. The summed E-state index contributed by atoms with van der Waals surface area (Å²) in [5.74, 6) is 0.384. The van der Waals surface area contributed by atoms with Crippen LogP contribution in [0.3, 0.4) is 0 Å². The molecule has 0 aromatic carbocycles. The normalized spacial score (nSPS) is 10.0. The average Bonchev–Trinajstić information content (AvgIpc) is 2.38. The van der Waals surface area contributed by atoms with Gasteiger partial charge >= 0.3 is 0 Å². The molecule has 0 unspecified atom stereocenters. The molecule has 0 amide bonds. The second-order valence-electron chi connectivity index (χ2n) is 3.83. The van der Waals surface area contributed by atoms with E-state index in [4.69, 9.17) is 4.74 Å². The minimum absolute atomic E-state index is 0.384. The van der Waals surface area contributed by atoms with Crippen LogP contribution in [0.1, 0.15) is 50.4 Å². The zero-order valence-corrected chi connectivity index (χ0v) is 10.8. The van der Waals surface area contributed by atoms with Crippen molar-refractivity contribution in [3.8, 4) is 11.9 Å². The van der Waals surface area contributed by atoms with Gasteiger partial charge in [0, 0.05) is 0 Å². The molecule has 0 spiro atoms. The summed E-state index contributed by atoms with van der Waals surface area (Å²) in [6, 6.07) is 2.19. The molecule has 0 N–H and O–H groups in total. The molecule has 1 aromatic heterocycles. The molecule has 4 nitrogen and oxygen atoms in total. The topological polar surface area (TPSA) is 58.8 Å². The fourth-order valence-corrected chi connectivity index (χ4v) is 1.68. The van der Waals surface area contributed by atoms with E-state index in [1.807, 2.05) is 13.8 Å². The molecule has 92 valence electrons. The molecule has 0 atom stereocenters. The van der Waals surface area contributed by atoms with Crippen LogP contribution in [0.2, 0.25) is 0 Å². The molecule has 0 saturated carbocycles. The van der Waals surface area contributed by atoms with Gasteiger partial charge in [-0.25, -0.2) is 0 Å². The number of hydrogen-bond acceptors (Lipinski definition) is 4. The standard InChI is InChI=1S/C13H19N3O/c1-4-7-8-17-13-11(9-14)10(5-2)12(6-3)15-16-13/h4-8H2,1-3H3. The molecule has 1 rings (SSSR count). The Hall–Kier alpha value is -1.63. The molecule has 0 bridgehead atoms. The number of aryl methyl sites for hydroxylation is 1. The molecule has 0 saturated heterocycles. The number of rotatable bonds is 6. The second kappa shape index (κ2) is 6.85. The first kappa shape index (κ1) is 13.4. The summed E-state index contributed by atoms with van der Waals surface area (Å²) in [7, 11) is 0. The van der Waals surface area contributed by atoms with Crippen LogP contribution in [0.15, 0.2) is 0 Å². The van der Waals surface area contributed by atoms with Gasteiger partial charge in [-0.05, 0) is 24.8 Å². The highest BCUT2D eigenvalue weighted by Crippen LogP contribution is 2.21. The number of unbranched alkanes of at least 4 members (excludes halogenated alkanes) is 1. The van der Waals surface area contributed by atoms with Crippen LogP contribution >= 0.6 is 0 Å². The number of nitrogens with zero attached hydrogens (tertiary/aromatic N) is 3. The fraction of sp³-hybridized carbons (Fsp3) is 0.615. The van der Waals surface area contributed by atoms with Crippen molar-refractivity contribution < 1.29 is 4.74 Å². The van der Waals surface area contributed by atoms with Crippen molar-refractivity contribution in [3.63, 3.8) is 0 Å². The molecule has 0 aliphatic heterocycles. The van der Waals surface area contributed by atoms with E-state index in [9.17, 15) is 5.26 Å². The molecule has 0 fully saturated rings.